The highest BCUT2D eigenvalue weighted by Crippen LogP contribution is 2.31. The normalized spacial score (nSPS) is 12.3. The van der Waals surface area contributed by atoms with Crippen LogP contribution in [0.15, 0.2) is 35.1 Å². The van der Waals surface area contributed by atoms with E-state index < -0.39 is 5.82 Å². The number of nitrogens with zero attached hydrogens (tertiary/aromatic N) is 4. The Bertz CT molecular complexity index is 886. The molecule has 1 N–H and O–H groups in total. The van der Waals surface area contributed by atoms with Crippen molar-refractivity contribution in [2.24, 2.45) is 4.99 Å². The average molecular weight is 394 g/mol. The van der Waals surface area contributed by atoms with Crippen molar-refractivity contribution < 1.29 is 4.39 Å². The summed E-state index contributed by atoms with van der Waals surface area (Å²) < 4.78 is 14.7. The van der Waals surface area contributed by atoms with Crippen LogP contribution in [0.3, 0.4) is 0 Å². The summed E-state index contributed by atoms with van der Waals surface area (Å²) in [6.45, 7) is 7.74. The Hall–Kier alpha value is -2.25. The first-order chi connectivity index (χ1) is 12.2. The highest BCUT2D eigenvalue weighted by atomic mass is 35.5. The van der Waals surface area contributed by atoms with E-state index in [4.69, 9.17) is 11.6 Å². The van der Waals surface area contributed by atoms with E-state index in [1.165, 1.54) is 17.5 Å². The summed E-state index contributed by atoms with van der Waals surface area (Å²) in [5, 5.41) is 3.24. The van der Waals surface area contributed by atoms with Crippen LogP contribution in [-0.4, -0.2) is 41.7 Å². The predicted octanol–water partition coefficient (Wildman–Crippen LogP) is 4.77. The minimum absolute atomic E-state index is 0.117. The van der Waals surface area contributed by atoms with Gasteiger partial charge in [-0.1, -0.05) is 18.2 Å². The molecule has 0 saturated heterocycles. The number of aryl methyl sites for hydroxylation is 1. The largest absolute Gasteiger partial charge is 0.371 e. The Balaban J connectivity index is 2.47. The monoisotopic (exact) mass is 393 g/mol. The molecule has 26 heavy (non-hydrogen) atoms. The predicted molar refractivity (Wildman–Crippen MR) is 109 cm³/mol. The van der Waals surface area contributed by atoms with Gasteiger partial charge in [-0.3, -0.25) is 4.99 Å². The number of nitrogens with one attached hydrogen (secondary N) is 1. The van der Waals surface area contributed by atoms with Crippen LogP contribution >= 0.6 is 22.9 Å². The van der Waals surface area contributed by atoms with Gasteiger partial charge in [0.05, 0.1) is 11.1 Å². The van der Waals surface area contributed by atoms with Gasteiger partial charge in [0.2, 0.25) is 0 Å². The van der Waals surface area contributed by atoms with Gasteiger partial charge in [-0.15, -0.1) is 11.3 Å². The number of allylic oxidation sites excluding steroid dienone is 1. The summed E-state index contributed by atoms with van der Waals surface area (Å²) in [4.78, 5) is 16.5. The summed E-state index contributed by atoms with van der Waals surface area (Å²) in [5.41, 5.74) is 1.33. The van der Waals surface area contributed by atoms with Crippen LogP contribution in [0.4, 0.5) is 10.2 Å². The van der Waals surface area contributed by atoms with Crippen molar-refractivity contribution in [2.45, 2.75) is 13.8 Å². The molecule has 0 bridgehead atoms. The van der Waals surface area contributed by atoms with Gasteiger partial charge in [-0.25, -0.2) is 14.4 Å². The van der Waals surface area contributed by atoms with Crippen LogP contribution in [0.5, 0.6) is 0 Å². The second-order valence-corrected chi connectivity index (χ2v) is 7.43. The zero-order valence-electron chi connectivity index (χ0n) is 15.4. The minimum Gasteiger partial charge on any atom is -0.371 e. The number of anilines is 1. The molecule has 138 valence electrons. The van der Waals surface area contributed by atoms with Crippen LogP contribution in [0.2, 0.25) is 0 Å². The van der Waals surface area contributed by atoms with Crippen molar-refractivity contribution in [2.75, 3.05) is 26.5 Å². The average Bonchev–Trinajstić information content (AvgIpc) is 3.04. The molecule has 0 unspecified atom stereocenters. The number of aromatic nitrogens is 2. The second kappa shape index (κ2) is 8.42. The van der Waals surface area contributed by atoms with Gasteiger partial charge < -0.3 is 10.2 Å². The molecule has 0 aliphatic rings. The van der Waals surface area contributed by atoms with Gasteiger partial charge in [0, 0.05) is 37.3 Å². The quantitative estimate of drug-likeness (QED) is 0.567. The molecule has 8 heteroatoms. The van der Waals surface area contributed by atoms with Gasteiger partial charge in [0.1, 0.15) is 10.9 Å². The van der Waals surface area contributed by atoms with Crippen LogP contribution in [0.1, 0.15) is 17.6 Å². The second-order valence-electron chi connectivity index (χ2n) is 5.76. The third-order valence-corrected chi connectivity index (χ3v) is 5.00. The van der Waals surface area contributed by atoms with Crippen molar-refractivity contribution in [3.05, 3.63) is 46.6 Å². The molecule has 0 aliphatic heterocycles. The molecule has 2 aromatic heterocycles. The third kappa shape index (κ3) is 4.47. The number of thiophene rings is 1. The fourth-order valence-corrected chi connectivity index (χ4v) is 2.88. The fraction of sp³-hybridized carbons (Fsp3) is 0.278. The molecular formula is C18H21ClFN5S. The molecule has 0 radical (unpaired) electrons. The number of halogens is 2. The Morgan fingerprint density at radius 3 is 2.62 bits per heavy atom. The molecule has 0 spiro atoms. The van der Waals surface area contributed by atoms with Gasteiger partial charge in [0.15, 0.2) is 17.5 Å². The summed E-state index contributed by atoms with van der Waals surface area (Å²) in [7, 11) is 5.24. The molecule has 0 saturated carbocycles. The molecule has 2 rings (SSSR count). The lowest BCUT2D eigenvalue weighted by Crippen LogP contribution is -2.08. The number of hydrogen-bond acceptors (Lipinski definition) is 6. The van der Waals surface area contributed by atoms with Crippen molar-refractivity contribution in [3.63, 3.8) is 0 Å². The van der Waals surface area contributed by atoms with Crippen molar-refractivity contribution in [1.82, 2.24) is 14.9 Å². The SMILES string of the molecule is C=C(C(C)=N/C=C(/Cl)N(C)C)c1nc(NC)c(F)c(-c2ccc(C)s2)n1. The van der Waals surface area contributed by atoms with Crippen LogP contribution in [-0.2, 0) is 0 Å². The molecule has 5 nitrogen and oxygen atoms in total. The van der Waals surface area contributed by atoms with Crippen molar-refractivity contribution in [1.29, 1.82) is 0 Å². The van der Waals surface area contributed by atoms with E-state index in [0.717, 1.165) is 9.75 Å². The summed E-state index contributed by atoms with van der Waals surface area (Å²) >= 11 is 7.52. The topological polar surface area (TPSA) is 53.4 Å². The molecule has 0 aromatic carbocycles. The first kappa shape index (κ1) is 20.1. The van der Waals surface area contributed by atoms with Gasteiger partial charge in [-0.2, -0.15) is 0 Å². The number of rotatable bonds is 6. The van der Waals surface area contributed by atoms with Crippen LogP contribution in [0, 0.1) is 12.7 Å². The molecule has 0 fully saturated rings. The lowest BCUT2D eigenvalue weighted by Gasteiger charge is -2.11. The molecule has 0 amide bonds. The van der Waals surface area contributed by atoms with Gasteiger partial charge >= 0.3 is 0 Å². The summed E-state index contributed by atoms with van der Waals surface area (Å²) in [6.07, 6.45) is 1.52. The van der Waals surface area contributed by atoms with E-state index in [-0.39, 0.29) is 11.5 Å². The van der Waals surface area contributed by atoms with E-state index in [9.17, 15) is 4.39 Å². The Morgan fingerprint density at radius 2 is 2.08 bits per heavy atom. The molecule has 2 heterocycles. The zero-order chi connectivity index (χ0) is 19.4. The van der Waals surface area contributed by atoms with E-state index >= 15 is 0 Å². The van der Waals surface area contributed by atoms with E-state index in [1.807, 2.05) is 33.2 Å². The standard InChI is InChI=1S/C18H21ClFN5S/c1-10-7-8-13(26-10)16-15(20)18(21-4)24-17(23-16)11(2)12(3)22-9-14(19)25(5)6/h7-9H,2H2,1,3-6H3,(H,21,23,24)/b14-9-,22-12?. The van der Waals surface area contributed by atoms with Crippen molar-refractivity contribution >= 4 is 40.0 Å². The third-order valence-electron chi connectivity index (χ3n) is 3.56. The lowest BCUT2D eigenvalue weighted by atomic mass is 10.1. The number of hydrogen-bond donors (Lipinski definition) is 1. The van der Waals surface area contributed by atoms with Crippen LogP contribution in [0.25, 0.3) is 16.1 Å². The Kier molecular flexibility index (Phi) is 6.50. The molecule has 0 aliphatic carbocycles. The minimum atomic E-state index is -0.490. The van der Waals surface area contributed by atoms with Gasteiger partial charge in [0.25, 0.3) is 0 Å². The van der Waals surface area contributed by atoms with Gasteiger partial charge in [-0.05, 0) is 26.0 Å². The van der Waals surface area contributed by atoms with Crippen molar-refractivity contribution in [3.8, 4) is 10.6 Å². The molecule has 0 atom stereocenters. The number of aliphatic imine (C=N–C) groups is 1. The van der Waals surface area contributed by atoms with E-state index in [1.54, 1.807) is 18.9 Å². The van der Waals surface area contributed by atoms with E-state index in [0.29, 0.717) is 22.3 Å². The fourth-order valence-electron chi connectivity index (χ4n) is 1.98. The maximum Gasteiger partial charge on any atom is 0.192 e. The zero-order valence-corrected chi connectivity index (χ0v) is 17.0. The molecule has 2 aromatic rings. The first-order valence-electron chi connectivity index (χ1n) is 7.83. The van der Waals surface area contributed by atoms with Crippen LogP contribution < -0.4 is 5.32 Å². The first-order valence-corrected chi connectivity index (χ1v) is 9.03. The highest BCUT2D eigenvalue weighted by molar-refractivity contribution is 7.15. The summed E-state index contributed by atoms with van der Waals surface area (Å²) in [5.74, 6) is -0.0599. The maximum absolute atomic E-state index is 14.7. The molecular weight excluding hydrogens is 373 g/mol. The van der Waals surface area contributed by atoms with E-state index in [2.05, 4.69) is 26.9 Å². The summed E-state index contributed by atoms with van der Waals surface area (Å²) in [6, 6.07) is 3.77. The highest BCUT2D eigenvalue weighted by Gasteiger charge is 2.18. The smallest absolute Gasteiger partial charge is 0.192 e. The Labute approximate surface area is 162 Å². The maximum atomic E-state index is 14.7. The lowest BCUT2D eigenvalue weighted by molar-refractivity contribution is 0.545. The Morgan fingerprint density at radius 1 is 1.38 bits per heavy atom.